The first kappa shape index (κ1) is 27.6. The third-order valence-electron chi connectivity index (χ3n) is 3.87. The van der Waals surface area contributed by atoms with Gasteiger partial charge in [0.05, 0.1) is 25.2 Å². The number of aliphatic hydroxyl groups excluding tert-OH is 2. The molecule has 0 saturated heterocycles. The van der Waals surface area contributed by atoms with Crippen LogP contribution < -0.4 is 27.4 Å². The first-order valence-corrected chi connectivity index (χ1v) is 10.3. The molecule has 0 spiro atoms. The molecule has 0 rings (SSSR count). The van der Waals surface area contributed by atoms with Crippen molar-refractivity contribution in [1.82, 2.24) is 16.0 Å². The first-order chi connectivity index (χ1) is 13.9. The topological polar surface area (TPSA) is 234 Å². The predicted octanol–water partition coefficient (Wildman–Crippen LogP) is -4.15. The minimum Gasteiger partial charge on any atom is -0.480 e. The minimum atomic E-state index is -1.66. The smallest absolute Gasteiger partial charge is 0.328 e. The minimum absolute atomic E-state index is 0.314. The summed E-state index contributed by atoms with van der Waals surface area (Å²) in [7, 11) is 0. The summed E-state index contributed by atoms with van der Waals surface area (Å²) in [6.45, 7) is 0.231. The highest BCUT2D eigenvalue weighted by molar-refractivity contribution is 7.98. The number of aliphatic hydroxyl groups is 2. The Balaban J connectivity index is 5.31. The lowest BCUT2D eigenvalue weighted by Gasteiger charge is -2.25. The zero-order valence-electron chi connectivity index (χ0n) is 16.7. The summed E-state index contributed by atoms with van der Waals surface area (Å²) in [5.74, 6) is -4.69. The number of hydrogen-bond acceptors (Lipinski definition) is 9. The van der Waals surface area contributed by atoms with E-state index in [9.17, 15) is 29.1 Å². The standard InChI is InChI=1S/C16H29N5O8S/c1-7(23)12(15(27)20-10(6-22)16(28)29)21-14(26)9(5-11(18)24)19-13(25)8(17)3-4-30-2/h7-10,12,22-23H,3-6,17H2,1-2H3,(H2,18,24)(H,19,25)(H,20,27)(H,21,26)(H,28,29). The fourth-order valence-electron chi connectivity index (χ4n) is 2.17. The zero-order chi connectivity index (χ0) is 23.4. The molecule has 0 saturated carbocycles. The van der Waals surface area contributed by atoms with Gasteiger partial charge in [0.1, 0.15) is 18.1 Å². The maximum Gasteiger partial charge on any atom is 0.328 e. The molecular formula is C16H29N5O8S. The number of rotatable bonds is 14. The normalized spacial score (nSPS) is 15.8. The molecule has 0 radical (unpaired) electrons. The van der Waals surface area contributed by atoms with Crippen molar-refractivity contribution < 1.29 is 39.3 Å². The van der Waals surface area contributed by atoms with E-state index in [1.54, 1.807) is 0 Å². The van der Waals surface area contributed by atoms with Gasteiger partial charge in [0.15, 0.2) is 0 Å². The second kappa shape index (κ2) is 13.7. The van der Waals surface area contributed by atoms with E-state index in [-0.39, 0.29) is 0 Å². The molecule has 172 valence electrons. The molecule has 0 bridgehead atoms. The third kappa shape index (κ3) is 9.87. The van der Waals surface area contributed by atoms with Crippen molar-refractivity contribution in [2.75, 3.05) is 18.6 Å². The first-order valence-electron chi connectivity index (χ1n) is 8.90. The number of carbonyl (C=O) groups excluding carboxylic acids is 4. The van der Waals surface area contributed by atoms with Gasteiger partial charge in [-0.2, -0.15) is 11.8 Å². The van der Waals surface area contributed by atoms with Crippen LogP contribution in [0.1, 0.15) is 19.8 Å². The highest BCUT2D eigenvalue weighted by Crippen LogP contribution is 2.02. The number of nitrogens with one attached hydrogen (secondary N) is 3. The van der Waals surface area contributed by atoms with Crippen LogP contribution in [-0.4, -0.2) is 93.8 Å². The SMILES string of the molecule is CSCCC(N)C(=O)NC(CC(N)=O)C(=O)NC(C(=O)NC(CO)C(=O)O)C(C)O. The molecule has 5 atom stereocenters. The summed E-state index contributed by atoms with van der Waals surface area (Å²) >= 11 is 1.46. The second-order valence-electron chi connectivity index (χ2n) is 6.43. The Morgan fingerprint density at radius 1 is 1.00 bits per heavy atom. The van der Waals surface area contributed by atoms with Gasteiger partial charge in [-0.1, -0.05) is 0 Å². The number of thioether (sulfide) groups is 1. The molecular weight excluding hydrogens is 422 g/mol. The number of carbonyl (C=O) groups is 5. The van der Waals surface area contributed by atoms with Gasteiger partial charge in [0, 0.05) is 0 Å². The van der Waals surface area contributed by atoms with Crippen LogP contribution in [0.25, 0.3) is 0 Å². The molecule has 0 aromatic carbocycles. The van der Waals surface area contributed by atoms with Crippen molar-refractivity contribution in [3.8, 4) is 0 Å². The van der Waals surface area contributed by atoms with Gasteiger partial charge in [-0.25, -0.2) is 4.79 Å². The van der Waals surface area contributed by atoms with Crippen LogP contribution in [-0.2, 0) is 24.0 Å². The van der Waals surface area contributed by atoms with Crippen molar-refractivity contribution >= 4 is 41.4 Å². The maximum absolute atomic E-state index is 12.5. The van der Waals surface area contributed by atoms with Crippen LogP contribution in [0.2, 0.25) is 0 Å². The number of carboxylic acid groups (broad SMARTS) is 1. The Kier molecular flexibility index (Phi) is 12.6. The number of hydrogen-bond donors (Lipinski definition) is 8. The second-order valence-corrected chi connectivity index (χ2v) is 7.41. The Hall–Kier alpha value is -2.42. The fourth-order valence-corrected chi connectivity index (χ4v) is 2.66. The van der Waals surface area contributed by atoms with Gasteiger partial charge in [0.25, 0.3) is 0 Å². The van der Waals surface area contributed by atoms with Crippen LogP contribution in [0.4, 0.5) is 0 Å². The largest absolute Gasteiger partial charge is 0.480 e. The molecule has 0 heterocycles. The lowest BCUT2D eigenvalue weighted by Crippen LogP contribution is -2.60. The zero-order valence-corrected chi connectivity index (χ0v) is 17.5. The summed E-state index contributed by atoms with van der Waals surface area (Å²) in [5, 5.41) is 34.0. The Bertz CT molecular complexity index is 633. The maximum atomic E-state index is 12.5. The summed E-state index contributed by atoms with van der Waals surface area (Å²) in [4.78, 5) is 59.1. The number of carboxylic acids is 1. The van der Waals surface area contributed by atoms with E-state index in [0.29, 0.717) is 12.2 Å². The van der Waals surface area contributed by atoms with E-state index < -0.39 is 72.9 Å². The number of aliphatic carboxylic acids is 1. The molecule has 30 heavy (non-hydrogen) atoms. The van der Waals surface area contributed by atoms with Crippen molar-refractivity contribution in [1.29, 1.82) is 0 Å². The van der Waals surface area contributed by atoms with Gasteiger partial charge in [-0.3, -0.25) is 19.2 Å². The van der Waals surface area contributed by atoms with Gasteiger partial charge in [-0.05, 0) is 25.4 Å². The van der Waals surface area contributed by atoms with Gasteiger partial charge in [-0.15, -0.1) is 0 Å². The Labute approximate surface area is 177 Å². The molecule has 13 nitrogen and oxygen atoms in total. The molecule has 0 fully saturated rings. The van der Waals surface area contributed by atoms with E-state index in [0.717, 1.165) is 6.92 Å². The van der Waals surface area contributed by atoms with Crippen LogP contribution in [0, 0.1) is 0 Å². The molecule has 14 heteroatoms. The van der Waals surface area contributed by atoms with Crippen LogP contribution in [0.3, 0.4) is 0 Å². The third-order valence-corrected chi connectivity index (χ3v) is 4.51. The summed E-state index contributed by atoms with van der Waals surface area (Å²) in [6.07, 6.45) is 0.0563. The van der Waals surface area contributed by atoms with Gasteiger partial charge in [0.2, 0.25) is 23.6 Å². The van der Waals surface area contributed by atoms with E-state index in [1.807, 2.05) is 11.6 Å². The average molecular weight is 452 g/mol. The molecule has 4 amide bonds. The van der Waals surface area contributed by atoms with Crippen molar-refractivity contribution in [3.05, 3.63) is 0 Å². The Morgan fingerprint density at radius 2 is 1.57 bits per heavy atom. The lowest BCUT2D eigenvalue weighted by atomic mass is 10.1. The molecule has 0 aromatic rings. The Morgan fingerprint density at radius 3 is 2.00 bits per heavy atom. The lowest BCUT2D eigenvalue weighted by molar-refractivity contribution is -0.144. The number of nitrogens with two attached hydrogens (primary N) is 2. The predicted molar refractivity (Wildman–Crippen MR) is 107 cm³/mol. The van der Waals surface area contributed by atoms with E-state index in [2.05, 4.69) is 10.6 Å². The van der Waals surface area contributed by atoms with Gasteiger partial charge >= 0.3 is 5.97 Å². The average Bonchev–Trinajstić information content (AvgIpc) is 2.66. The molecule has 0 aliphatic heterocycles. The van der Waals surface area contributed by atoms with Crippen LogP contribution in [0.5, 0.6) is 0 Å². The van der Waals surface area contributed by atoms with Crippen molar-refractivity contribution in [2.24, 2.45) is 11.5 Å². The monoisotopic (exact) mass is 451 g/mol. The van der Waals surface area contributed by atoms with Crippen LogP contribution in [0.15, 0.2) is 0 Å². The van der Waals surface area contributed by atoms with Crippen molar-refractivity contribution in [3.63, 3.8) is 0 Å². The summed E-state index contributed by atoms with van der Waals surface area (Å²) < 4.78 is 0. The molecule has 0 aliphatic rings. The molecule has 5 unspecified atom stereocenters. The van der Waals surface area contributed by atoms with E-state index in [1.165, 1.54) is 11.8 Å². The highest BCUT2D eigenvalue weighted by Gasteiger charge is 2.33. The molecule has 0 aliphatic carbocycles. The summed E-state index contributed by atoms with van der Waals surface area (Å²) in [6, 6.07) is -5.72. The van der Waals surface area contributed by atoms with E-state index in [4.69, 9.17) is 21.7 Å². The number of amides is 4. The molecule has 0 aromatic heterocycles. The quantitative estimate of drug-likeness (QED) is 0.127. The molecule has 10 N–H and O–H groups in total. The van der Waals surface area contributed by atoms with Gasteiger partial charge < -0.3 is 42.7 Å². The number of primary amides is 1. The fraction of sp³-hybridized carbons (Fsp3) is 0.688. The van der Waals surface area contributed by atoms with Crippen molar-refractivity contribution in [2.45, 2.75) is 50.0 Å². The van der Waals surface area contributed by atoms with E-state index >= 15 is 0 Å². The van der Waals surface area contributed by atoms with Crippen LogP contribution >= 0.6 is 11.8 Å². The summed E-state index contributed by atoms with van der Waals surface area (Å²) in [5.41, 5.74) is 10.8. The highest BCUT2D eigenvalue weighted by atomic mass is 32.2.